The topological polar surface area (TPSA) is 65.2 Å². The number of nitrogens with zero attached hydrogens (tertiary/aromatic N) is 2. The molecule has 1 heterocycles. The van der Waals surface area contributed by atoms with Gasteiger partial charge in [0.05, 0.1) is 35.1 Å². The summed E-state index contributed by atoms with van der Waals surface area (Å²) in [5.41, 5.74) is 6.05. The van der Waals surface area contributed by atoms with Gasteiger partial charge in [-0.1, -0.05) is 42.2 Å². The molecular weight excluding hydrogens is 358 g/mol. The van der Waals surface area contributed by atoms with E-state index < -0.39 is 0 Å². The maximum atomic E-state index is 12.5. The SMILES string of the molecule is Cc1cc2c(cc1C#Cc1ccccc1)NC(=O)CC(c1cccc(C#N)c1)=N2. The van der Waals surface area contributed by atoms with Gasteiger partial charge in [0.2, 0.25) is 5.91 Å². The Morgan fingerprint density at radius 2 is 1.76 bits per heavy atom. The highest BCUT2D eigenvalue weighted by molar-refractivity contribution is 6.17. The Morgan fingerprint density at radius 1 is 0.966 bits per heavy atom. The van der Waals surface area contributed by atoms with Gasteiger partial charge in [-0.15, -0.1) is 0 Å². The molecule has 0 saturated carbocycles. The number of benzene rings is 3. The van der Waals surface area contributed by atoms with E-state index in [0.717, 1.165) is 22.3 Å². The van der Waals surface area contributed by atoms with Crippen LogP contribution in [0.25, 0.3) is 0 Å². The van der Waals surface area contributed by atoms with Crippen molar-refractivity contribution in [3.63, 3.8) is 0 Å². The molecule has 0 bridgehead atoms. The fourth-order valence-electron chi connectivity index (χ4n) is 3.15. The number of rotatable bonds is 1. The van der Waals surface area contributed by atoms with Crippen LogP contribution < -0.4 is 5.32 Å². The third-order valence-corrected chi connectivity index (χ3v) is 4.64. The van der Waals surface area contributed by atoms with Crippen molar-refractivity contribution >= 4 is 23.0 Å². The molecule has 0 unspecified atom stereocenters. The van der Waals surface area contributed by atoms with Gasteiger partial charge in [-0.25, -0.2) is 0 Å². The molecule has 1 aliphatic heterocycles. The van der Waals surface area contributed by atoms with E-state index in [9.17, 15) is 4.79 Å². The van der Waals surface area contributed by atoms with E-state index in [4.69, 9.17) is 10.3 Å². The number of fused-ring (bicyclic) bond motifs is 1. The van der Waals surface area contributed by atoms with E-state index in [1.807, 2.05) is 55.5 Å². The number of nitriles is 1. The van der Waals surface area contributed by atoms with Crippen LogP contribution in [0.1, 0.15) is 34.2 Å². The molecule has 1 N–H and O–H groups in total. The fraction of sp³-hybridized carbons (Fsp3) is 0.0800. The molecule has 0 spiro atoms. The average molecular weight is 375 g/mol. The molecule has 0 aliphatic carbocycles. The Morgan fingerprint density at radius 3 is 2.55 bits per heavy atom. The van der Waals surface area contributed by atoms with Gasteiger partial charge in [-0.3, -0.25) is 9.79 Å². The number of hydrogen-bond donors (Lipinski definition) is 1. The second kappa shape index (κ2) is 7.84. The van der Waals surface area contributed by atoms with E-state index in [2.05, 4.69) is 23.2 Å². The van der Waals surface area contributed by atoms with Crippen molar-refractivity contribution in [3.8, 4) is 17.9 Å². The summed E-state index contributed by atoms with van der Waals surface area (Å²) < 4.78 is 0. The zero-order valence-electron chi connectivity index (χ0n) is 15.9. The number of nitrogens with one attached hydrogen (secondary N) is 1. The summed E-state index contributed by atoms with van der Waals surface area (Å²) >= 11 is 0. The lowest BCUT2D eigenvalue weighted by Crippen LogP contribution is -2.15. The Kier molecular flexibility index (Phi) is 4.93. The van der Waals surface area contributed by atoms with Crippen LogP contribution in [0.2, 0.25) is 0 Å². The standard InChI is InChI=1S/C25H17N3O/c1-17-12-23-24(14-20(17)11-10-18-6-3-2-4-7-18)28-25(29)15-22(27-23)21-9-5-8-19(13-21)16-26/h2-9,12-14H,15H2,1H3,(H,28,29). The minimum atomic E-state index is -0.143. The van der Waals surface area contributed by atoms with Crippen molar-refractivity contribution in [3.05, 3.63) is 94.5 Å². The van der Waals surface area contributed by atoms with Crippen molar-refractivity contribution in [2.75, 3.05) is 5.32 Å². The fourth-order valence-corrected chi connectivity index (χ4v) is 3.15. The summed E-state index contributed by atoms with van der Waals surface area (Å²) in [6, 6.07) is 22.9. The van der Waals surface area contributed by atoms with Crippen LogP contribution in [0.3, 0.4) is 0 Å². The van der Waals surface area contributed by atoms with Crippen molar-refractivity contribution in [1.82, 2.24) is 0 Å². The number of aliphatic imine (C=N–C) groups is 1. The van der Waals surface area contributed by atoms with E-state index in [1.54, 1.807) is 18.2 Å². The van der Waals surface area contributed by atoms with Gasteiger partial charge in [0.25, 0.3) is 0 Å². The van der Waals surface area contributed by atoms with E-state index >= 15 is 0 Å². The van der Waals surface area contributed by atoms with Crippen molar-refractivity contribution in [2.45, 2.75) is 13.3 Å². The van der Waals surface area contributed by atoms with Crippen molar-refractivity contribution in [1.29, 1.82) is 5.26 Å². The molecule has 0 fully saturated rings. The van der Waals surface area contributed by atoms with Gasteiger partial charge < -0.3 is 5.32 Å². The van der Waals surface area contributed by atoms with Gasteiger partial charge in [-0.05, 0) is 54.4 Å². The molecule has 1 amide bonds. The van der Waals surface area contributed by atoms with Crippen molar-refractivity contribution in [2.24, 2.45) is 4.99 Å². The van der Waals surface area contributed by atoms with Crippen LogP contribution >= 0.6 is 0 Å². The number of anilines is 1. The van der Waals surface area contributed by atoms with Crippen LogP contribution in [0.5, 0.6) is 0 Å². The van der Waals surface area contributed by atoms with Crippen LogP contribution in [-0.2, 0) is 4.79 Å². The summed E-state index contributed by atoms with van der Waals surface area (Å²) in [5.74, 6) is 6.20. The van der Waals surface area contributed by atoms with Crippen LogP contribution in [-0.4, -0.2) is 11.6 Å². The number of carbonyl (C=O) groups excluding carboxylic acids is 1. The zero-order chi connectivity index (χ0) is 20.2. The lowest BCUT2D eigenvalue weighted by atomic mass is 10.0. The maximum Gasteiger partial charge on any atom is 0.230 e. The molecule has 4 rings (SSSR count). The first-order valence-electron chi connectivity index (χ1n) is 9.22. The highest BCUT2D eigenvalue weighted by atomic mass is 16.1. The Labute approximate surface area is 169 Å². The molecule has 0 atom stereocenters. The molecule has 138 valence electrons. The van der Waals surface area contributed by atoms with Gasteiger partial charge in [-0.2, -0.15) is 5.26 Å². The average Bonchev–Trinajstić information content (AvgIpc) is 2.90. The molecule has 29 heavy (non-hydrogen) atoms. The quantitative estimate of drug-likeness (QED) is 0.625. The number of carbonyl (C=O) groups is 1. The highest BCUT2D eigenvalue weighted by Gasteiger charge is 2.18. The van der Waals surface area contributed by atoms with E-state index in [-0.39, 0.29) is 12.3 Å². The smallest absolute Gasteiger partial charge is 0.230 e. The van der Waals surface area contributed by atoms with Crippen LogP contribution in [0.4, 0.5) is 11.4 Å². The van der Waals surface area contributed by atoms with Crippen LogP contribution in [0, 0.1) is 30.1 Å². The van der Waals surface area contributed by atoms with E-state index in [0.29, 0.717) is 22.6 Å². The molecular formula is C25H17N3O. The summed E-state index contributed by atoms with van der Waals surface area (Å²) in [5, 5.41) is 12.1. The third-order valence-electron chi connectivity index (χ3n) is 4.64. The maximum absolute atomic E-state index is 12.5. The summed E-state index contributed by atoms with van der Waals surface area (Å²) in [6.45, 7) is 1.98. The predicted molar refractivity (Wildman–Crippen MR) is 114 cm³/mol. The first kappa shape index (κ1) is 18.2. The molecule has 0 saturated heterocycles. The predicted octanol–water partition coefficient (Wildman–Crippen LogP) is 4.73. The molecule has 3 aromatic carbocycles. The Hall–Kier alpha value is -4.15. The first-order chi connectivity index (χ1) is 14.1. The minimum Gasteiger partial charge on any atom is -0.324 e. The molecule has 4 heteroatoms. The number of hydrogen-bond acceptors (Lipinski definition) is 3. The van der Waals surface area contributed by atoms with Gasteiger partial charge in [0, 0.05) is 11.1 Å². The highest BCUT2D eigenvalue weighted by Crippen LogP contribution is 2.32. The summed E-state index contributed by atoms with van der Waals surface area (Å²) in [4.78, 5) is 17.2. The normalized spacial score (nSPS) is 12.4. The second-order valence-corrected chi connectivity index (χ2v) is 6.78. The number of amides is 1. The molecule has 4 nitrogen and oxygen atoms in total. The van der Waals surface area contributed by atoms with Gasteiger partial charge in [0.1, 0.15) is 0 Å². The Balaban J connectivity index is 1.75. The second-order valence-electron chi connectivity index (χ2n) is 6.78. The first-order valence-corrected chi connectivity index (χ1v) is 9.22. The molecule has 0 aromatic heterocycles. The summed E-state index contributed by atoms with van der Waals surface area (Å²) in [6.07, 6.45) is 0.146. The molecule has 3 aromatic rings. The third kappa shape index (κ3) is 4.08. The Bertz CT molecular complexity index is 1240. The monoisotopic (exact) mass is 375 g/mol. The molecule has 1 aliphatic rings. The van der Waals surface area contributed by atoms with Crippen LogP contribution in [0.15, 0.2) is 71.7 Å². The number of aryl methyl sites for hydroxylation is 1. The largest absolute Gasteiger partial charge is 0.324 e. The zero-order valence-corrected chi connectivity index (χ0v) is 15.9. The lowest BCUT2D eigenvalue weighted by molar-refractivity contribution is -0.115. The van der Waals surface area contributed by atoms with Crippen molar-refractivity contribution < 1.29 is 4.79 Å². The summed E-state index contributed by atoms with van der Waals surface area (Å²) in [7, 11) is 0. The van der Waals surface area contributed by atoms with Gasteiger partial charge >= 0.3 is 0 Å². The minimum absolute atomic E-state index is 0.143. The van der Waals surface area contributed by atoms with E-state index in [1.165, 1.54) is 0 Å². The van der Waals surface area contributed by atoms with Gasteiger partial charge in [0.15, 0.2) is 0 Å². The molecule has 0 radical (unpaired) electrons. The lowest BCUT2D eigenvalue weighted by Gasteiger charge is -2.08.